The number of oxazole rings is 1. The van der Waals surface area contributed by atoms with E-state index in [1.165, 1.54) is 12.8 Å². The van der Waals surface area contributed by atoms with Crippen LogP contribution >= 0.6 is 0 Å². The number of hydrogen-bond donors (Lipinski definition) is 2. The van der Waals surface area contributed by atoms with Gasteiger partial charge in [-0.3, -0.25) is 19.6 Å². The highest BCUT2D eigenvalue weighted by Crippen LogP contribution is 2.38. The number of nitrogens with zero attached hydrogens (tertiary/aromatic N) is 6. The summed E-state index contributed by atoms with van der Waals surface area (Å²) >= 11 is 0. The van der Waals surface area contributed by atoms with Gasteiger partial charge in [-0.05, 0) is 135 Å². The van der Waals surface area contributed by atoms with Crippen LogP contribution < -0.4 is 5.32 Å². The number of likely N-dealkylation sites (tertiary alicyclic amines) is 2. The van der Waals surface area contributed by atoms with E-state index < -0.39 is 5.97 Å². The van der Waals surface area contributed by atoms with E-state index in [9.17, 15) is 15.2 Å². The zero-order valence-electron chi connectivity index (χ0n) is 29.5. The number of benzene rings is 3. The number of carboxylic acids is 1. The molecule has 0 spiro atoms. The van der Waals surface area contributed by atoms with E-state index in [1.54, 1.807) is 6.20 Å². The SMILES string of the molecule is Cc1c(Nc2nccc3cc(CN4CCC(C(=O)O)CC4)cnc23)cccc1-c1cccc(-c2nc3cc(CN4CCCC4)cc(C#N)c3o2)c1C. The topological polar surface area (TPSA) is 131 Å². The first kappa shape index (κ1) is 33.5. The summed E-state index contributed by atoms with van der Waals surface area (Å²) in [5.74, 6) is 0.249. The maximum absolute atomic E-state index is 11.4. The zero-order chi connectivity index (χ0) is 35.8. The molecule has 8 rings (SSSR count). The van der Waals surface area contributed by atoms with Crippen LogP contribution in [0.2, 0.25) is 0 Å². The van der Waals surface area contributed by atoms with E-state index in [2.05, 4.69) is 70.3 Å². The van der Waals surface area contributed by atoms with Gasteiger partial charge in [-0.1, -0.05) is 24.3 Å². The number of rotatable bonds is 9. The standard InChI is InChI=1S/C42H41N7O3/c1-26-33(7-5-9-35(26)41-47-37-21-28(24-48-15-3-4-16-48)19-32(22-43)39(37)52-41)34-8-6-10-36(27(34)2)46-40-38-31(11-14-44-40)20-29(23-45-38)25-49-17-12-30(13-18-49)42(50)51/h5-11,14,19-21,23,30H,3-4,12-13,15-18,24-25H2,1-2H3,(H,44,46)(H,50,51). The lowest BCUT2D eigenvalue weighted by Gasteiger charge is -2.29. The van der Waals surface area contributed by atoms with Crippen LogP contribution in [0.5, 0.6) is 0 Å². The molecule has 10 heteroatoms. The van der Waals surface area contributed by atoms with Gasteiger partial charge in [0, 0.05) is 42.1 Å². The van der Waals surface area contributed by atoms with Gasteiger partial charge < -0.3 is 14.8 Å². The number of aromatic nitrogens is 3. The van der Waals surface area contributed by atoms with Crippen molar-refractivity contribution in [3.05, 3.63) is 101 Å². The quantitative estimate of drug-likeness (QED) is 0.153. The third kappa shape index (κ3) is 6.61. The summed E-state index contributed by atoms with van der Waals surface area (Å²) < 4.78 is 6.31. The summed E-state index contributed by atoms with van der Waals surface area (Å²) in [6, 6.07) is 22.8. The Morgan fingerprint density at radius 1 is 0.904 bits per heavy atom. The summed E-state index contributed by atoms with van der Waals surface area (Å²) in [6.07, 6.45) is 7.49. The molecule has 0 amide bonds. The van der Waals surface area contributed by atoms with Gasteiger partial charge in [-0.15, -0.1) is 0 Å². The fraction of sp³-hybridized carbons (Fsp3) is 0.310. The first-order valence-corrected chi connectivity index (χ1v) is 18.1. The Morgan fingerprint density at radius 3 is 2.38 bits per heavy atom. The number of carbonyl (C=O) groups is 1. The van der Waals surface area contributed by atoms with Crippen molar-refractivity contribution in [2.75, 3.05) is 31.5 Å². The summed E-state index contributed by atoms with van der Waals surface area (Å²) in [5.41, 5.74) is 10.8. The van der Waals surface area contributed by atoms with Gasteiger partial charge in [-0.25, -0.2) is 9.97 Å². The molecule has 10 nitrogen and oxygen atoms in total. The molecule has 6 aromatic rings. The van der Waals surface area contributed by atoms with Crippen molar-refractivity contribution in [2.45, 2.75) is 52.6 Å². The van der Waals surface area contributed by atoms with Gasteiger partial charge >= 0.3 is 5.97 Å². The number of pyridine rings is 2. The van der Waals surface area contributed by atoms with Gasteiger partial charge in [0.15, 0.2) is 11.4 Å². The molecule has 2 fully saturated rings. The van der Waals surface area contributed by atoms with Crippen LogP contribution in [-0.4, -0.2) is 62.0 Å². The first-order valence-electron chi connectivity index (χ1n) is 18.1. The maximum Gasteiger partial charge on any atom is 0.306 e. The Labute approximate surface area is 302 Å². The fourth-order valence-corrected chi connectivity index (χ4v) is 7.81. The monoisotopic (exact) mass is 691 g/mol. The second-order valence-electron chi connectivity index (χ2n) is 14.2. The van der Waals surface area contributed by atoms with Crippen LogP contribution in [0.4, 0.5) is 11.5 Å². The summed E-state index contributed by atoms with van der Waals surface area (Å²) in [6.45, 7) is 9.46. The molecule has 0 atom stereocenters. The zero-order valence-corrected chi connectivity index (χ0v) is 29.5. The number of nitriles is 1. The highest BCUT2D eigenvalue weighted by molar-refractivity contribution is 5.91. The summed E-state index contributed by atoms with van der Waals surface area (Å²) in [7, 11) is 0. The molecule has 0 unspecified atom stereocenters. The van der Waals surface area contributed by atoms with E-state index >= 15 is 0 Å². The average molecular weight is 692 g/mol. The van der Waals surface area contributed by atoms with Crippen molar-refractivity contribution in [3.63, 3.8) is 0 Å². The molecule has 2 N–H and O–H groups in total. The lowest BCUT2D eigenvalue weighted by Crippen LogP contribution is -2.35. The van der Waals surface area contributed by atoms with E-state index in [1.807, 2.05) is 36.5 Å². The molecule has 262 valence electrons. The van der Waals surface area contributed by atoms with Gasteiger partial charge in [0.25, 0.3) is 0 Å². The predicted molar refractivity (Wildman–Crippen MR) is 202 cm³/mol. The number of piperidine rings is 1. The smallest absolute Gasteiger partial charge is 0.306 e. The molecule has 0 saturated carbocycles. The van der Waals surface area contributed by atoms with Crippen LogP contribution in [0.15, 0.2) is 77.5 Å². The Morgan fingerprint density at radius 2 is 1.62 bits per heavy atom. The van der Waals surface area contributed by atoms with Crippen molar-refractivity contribution in [1.82, 2.24) is 24.8 Å². The highest BCUT2D eigenvalue weighted by atomic mass is 16.4. The lowest BCUT2D eigenvalue weighted by molar-refractivity contribution is -0.143. The molecule has 52 heavy (non-hydrogen) atoms. The van der Waals surface area contributed by atoms with Crippen molar-refractivity contribution in [2.24, 2.45) is 5.92 Å². The van der Waals surface area contributed by atoms with Gasteiger partial charge in [0.2, 0.25) is 5.89 Å². The maximum atomic E-state index is 11.4. The highest BCUT2D eigenvalue weighted by Gasteiger charge is 2.25. The van der Waals surface area contributed by atoms with Gasteiger partial charge in [-0.2, -0.15) is 5.26 Å². The van der Waals surface area contributed by atoms with Crippen molar-refractivity contribution in [3.8, 4) is 28.7 Å². The molecular weight excluding hydrogens is 651 g/mol. The second-order valence-corrected chi connectivity index (χ2v) is 14.2. The lowest BCUT2D eigenvalue weighted by atomic mass is 9.93. The Kier molecular flexibility index (Phi) is 9.14. The largest absolute Gasteiger partial charge is 0.481 e. The van der Waals surface area contributed by atoms with Gasteiger partial charge in [0.1, 0.15) is 17.1 Å². The molecule has 3 aromatic carbocycles. The van der Waals surface area contributed by atoms with Crippen LogP contribution in [0.1, 0.15) is 53.5 Å². The molecule has 0 bridgehead atoms. The molecule has 3 aromatic heterocycles. The van der Waals surface area contributed by atoms with E-state index in [0.29, 0.717) is 41.2 Å². The number of aliphatic carboxylic acids is 1. The van der Waals surface area contributed by atoms with E-state index in [-0.39, 0.29) is 5.92 Å². The predicted octanol–water partition coefficient (Wildman–Crippen LogP) is 8.23. The molecule has 0 aliphatic carbocycles. The third-order valence-corrected chi connectivity index (χ3v) is 10.7. The van der Waals surface area contributed by atoms with Gasteiger partial charge in [0.05, 0.1) is 11.5 Å². The van der Waals surface area contributed by atoms with E-state index in [0.717, 1.165) is 94.8 Å². The summed E-state index contributed by atoms with van der Waals surface area (Å²) in [4.78, 5) is 30.5. The molecule has 5 heterocycles. The fourth-order valence-electron chi connectivity index (χ4n) is 7.81. The van der Waals surface area contributed by atoms with Crippen LogP contribution in [0.25, 0.3) is 44.6 Å². The molecule has 0 radical (unpaired) electrons. The van der Waals surface area contributed by atoms with Crippen LogP contribution in [0.3, 0.4) is 0 Å². The minimum atomic E-state index is -0.693. The number of fused-ring (bicyclic) bond motifs is 2. The van der Waals surface area contributed by atoms with E-state index in [4.69, 9.17) is 14.4 Å². The van der Waals surface area contributed by atoms with Crippen molar-refractivity contribution in [1.29, 1.82) is 5.26 Å². The number of carboxylic acid groups (broad SMARTS) is 1. The summed E-state index contributed by atoms with van der Waals surface area (Å²) in [5, 5.41) is 23.9. The molecule has 2 aliphatic rings. The molecular formula is C42H41N7O3. The second kappa shape index (κ2) is 14.2. The first-order chi connectivity index (χ1) is 25.3. The number of anilines is 2. The normalized spacial score (nSPS) is 15.7. The average Bonchev–Trinajstić information content (AvgIpc) is 3.83. The Balaban J connectivity index is 1.05. The molecule has 2 saturated heterocycles. The van der Waals surface area contributed by atoms with Crippen molar-refractivity contribution < 1.29 is 14.3 Å². The van der Waals surface area contributed by atoms with Crippen LogP contribution in [-0.2, 0) is 17.9 Å². The Hall–Kier alpha value is -5.63. The Bertz CT molecular complexity index is 2350. The van der Waals surface area contributed by atoms with Crippen LogP contribution in [0, 0.1) is 31.1 Å². The number of hydrogen-bond acceptors (Lipinski definition) is 9. The molecule has 2 aliphatic heterocycles. The number of nitrogens with one attached hydrogen (secondary N) is 1. The minimum Gasteiger partial charge on any atom is -0.481 e. The minimum absolute atomic E-state index is 0.245. The van der Waals surface area contributed by atoms with Crippen molar-refractivity contribution >= 4 is 39.5 Å². The third-order valence-electron chi connectivity index (χ3n) is 10.7.